The first kappa shape index (κ1) is 21.9. The average molecular weight is 437 g/mol. The molecular formula is C25H28N2O5. The lowest BCUT2D eigenvalue weighted by atomic mass is 9.98. The number of aliphatic carboxylic acids is 1. The van der Waals surface area contributed by atoms with Gasteiger partial charge in [-0.05, 0) is 41.0 Å². The Balaban J connectivity index is 1.33. The molecule has 32 heavy (non-hydrogen) atoms. The second-order valence-electron chi connectivity index (χ2n) is 8.99. The van der Waals surface area contributed by atoms with E-state index < -0.39 is 23.5 Å². The third kappa shape index (κ3) is 4.20. The molecule has 1 fully saturated rings. The van der Waals surface area contributed by atoms with Gasteiger partial charge in [0.2, 0.25) is 5.91 Å². The van der Waals surface area contributed by atoms with E-state index in [4.69, 9.17) is 4.74 Å². The largest absolute Gasteiger partial charge is 0.480 e. The molecule has 0 bridgehead atoms. The van der Waals surface area contributed by atoms with Crippen LogP contribution in [0.15, 0.2) is 48.5 Å². The summed E-state index contributed by atoms with van der Waals surface area (Å²) in [4.78, 5) is 36.4. The average Bonchev–Trinajstić information content (AvgIpc) is 3.51. The van der Waals surface area contributed by atoms with Crippen molar-refractivity contribution in [3.8, 4) is 11.1 Å². The molecule has 2 aliphatic rings. The highest BCUT2D eigenvalue weighted by Crippen LogP contribution is 2.46. The van der Waals surface area contributed by atoms with E-state index >= 15 is 0 Å². The van der Waals surface area contributed by atoms with E-state index in [-0.39, 0.29) is 30.9 Å². The van der Waals surface area contributed by atoms with Crippen molar-refractivity contribution in [3.05, 3.63) is 59.7 Å². The molecule has 7 nitrogen and oxygen atoms in total. The molecule has 3 N–H and O–H groups in total. The monoisotopic (exact) mass is 436 g/mol. The number of nitrogens with one attached hydrogen (secondary N) is 2. The molecule has 168 valence electrons. The fraction of sp³-hybridized carbons (Fsp3) is 0.400. The number of alkyl carbamates (subject to hydrolysis) is 1. The van der Waals surface area contributed by atoms with Crippen molar-refractivity contribution in [2.75, 3.05) is 13.2 Å². The highest BCUT2D eigenvalue weighted by Gasteiger charge is 2.51. The molecule has 0 saturated heterocycles. The van der Waals surface area contributed by atoms with Gasteiger partial charge in [-0.2, -0.15) is 0 Å². The summed E-state index contributed by atoms with van der Waals surface area (Å²) in [6, 6.07) is 15.3. The molecule has 0 aromatic heterocycles. The van der Waals surface area contributed by atoms with Gasteiger partial charge in [0.25, 0.3) is 0 Å². The van der Waals surface area contributed by atoms with E-state index in [1.165, 1.54) is 0 Å². The number of benzene rings is 2. The van der Waals surface area contributed by atoms with E-state index in [2.05, 4.69) is 34.9 Å². The van der Waals surface area contributed by atoms with Gasteiger partial charge in [0, 0.05) is 12.5 Å². The summed E-state index contributed by atoms with van der Waals surface area (Å²) >= 11 is 0. The number of carbonyl (C=O) groups is 3. The molecule has 4 rings (SSSR count). The van der Waals surface area contributed by atoms with Gasteiger partial charge in [-0.15, -0.1) is 0 Å². The minimum atomic E-state index is -1.06. The van der Waals surface area contributed by atoms with Crippen molar-refractivity contribution in [3.63, 3.8) is 0 Å². The fourth-order valence-electron chi connectivity index (χ4n) is 4.33. The number of carboxylic acid groups (broad SMARTS) is 1. The number of hydrogen-bond donors (Lipinski definition) is 3. The van der Waals surface area contributed by atoms with Crippen molar-refractivity contribution < 1.29 is 24.2 Å². The van der Waals surface area contributed by atoms with E-state index in [0.29, 0.717) is 12.8 Å². The molecule has 0 spiro atoms. The Morgan fingerprint density at radius 3 is 2.09 bits per heavy atom. The molecule has 1 saturated carbocycles. The first-order valence-corrected chi connectivity index (χ1v) is 10.9. The molecule has 7 heteroatoms. The van der Waals surface area contributed by atoms with Gasteiger partial charge in [0.15, 0.2) is 0 Å². The van der Waals surface area contributed by atoms with Crippen LogP contribution in [0, 0.1) is 11.3 Å². The van der Waals surface area contributed by atoms with Gasteiger partial charge >= 0.3 is 12.1 Å². The van der Waals surface area contributed by atoms with Crippen molar-refractivity contribution in [2.24, 2.45) is 11.3 Å². The summed E-state index contributed by atoms with van der Waals surface area (Å²) in [5, 5.41) is 14.6. The normalized spacial score (nSPS) is 16.6. The summed E-state index contributed by atoms with van der Waals surface area (Å²) in [5.74, 6) is -1.66. The standard InChI is InChI=1S/C25H28N2O5/c1-15(2)21(22(28)29)27-23(30)25(11-12-25)14-26-24(31)32-13-20-18-9-5-3-7-16(18)17-8-4-6-10-19(17)20/h3-10,15,20-21H,11-14H2,1-2H3,(H,26,31)(H,27,30)(H,28,29). The lowest BCUT2D eigenvalue weighted by Gasteiger charge is -2.22. The van der Waals surface area contributed by atoms with E-state index in [0.717, 1.165) is 22.3 Å². The first-order chi connectivity index (χ1) is 15.3. The predicted molar refractivity (Wildman–Crippen MR) is 119 cm³/mol. The maximum atomic E-state index is 12.6. The Morgan fingerprint density at radius 1 is 1.03 bits per heavy atom. The van der Waals surface area contributed by atoms with Crippen LogP contribution in [0.1, 0.15) is 43.7 Å². The Labute approximate surface area is 187 Å². The van der Waals surface area contributed by atoms with Gasteiger partial charge in [0.1, 0.15) is 12.6 Å². The molecular weight excluding hydrogens is 408 g/mol. The summed E-state index contributed by atoms with van der Waals surface area (Å²) in [6.45, 7) is 3.81. The zero-order valence-corrected chi connectivity index (χ0v) is 18.3. The molecule has 2 aromatic rings. The van der Waals surface area contributed by atoms with Gasteiger partial charge in [-0.3, -0.25) is 4.79 Å². The molecule has 0 heterocycles. The Morgan fingerprint density at radius 2 is 1.59 bits per heavy atom. The van der Waals surface area contributed by atoms with Crippen LogP contribution in [-0.2, 0) is 14.3 Å². The van der Waals surface area contributed by atoms with E-state index in [1.807, 2.05) is 24.3 Å². The quantitative estimate of drug-likeness (QED) is 0.587. The number of carbonyl (C=O) groups excluding carboxylic acids is 2. The molecule has 2 aliphatic carbocycles. The number of hydrogen-bond acceptors (Lipinski definition) is 4. The Hall–Kier alpha value is -3.35. The number of ether oxygens (including phenoxy) is 1. The first-order valence-electron chi connectivity index (χ1n) is 10.9. The number of fused-ring (bicyclic) bond motifs is 3. The summed E-state index contributed by atoms with van der Waals surface area (Å²) < 4.78 is 5.52. The SMILES string of the molecule is CC(C)C(NC(=O)C1(CNC(=O)OCC2c3ccccc3-c3ccccc32)CC1)C(=O)O. The summed E-state index contributed by atoms with van der Waals surface area (Å²) in [6.07, 6.45) is 0.629. The van der Waals surface area contributed by atoms with Crippen LogP contribution < -0.4 is 10.6 Å². The lowest BCUT2D eigenvalue weighted by molar-refractivity contribution is -0.144. The second kappa shape index (κ2) is 8.65. The number of amides is 2. The van der Waals surface area contributed by atoms with E-state index in [9.17, 15) is 19.5 Å². The van der Waals surface area contributed by atoms with Crippen LogP contribution in [0.25, 0.3) is 11.1 Å². The molecule has 1 atom stereocenters. The second-order valence-corrected chi connectivity index (χ2v) is 8.99. The molecule has 0 radical (unpaired) electrons. The van der Waals surface area contributed by atoms with Crippen LogP contribution in [0.2, 0.25) is 0 Å². The Kier molecular flexibility index (Phi) is 5.91. The maximum Gasteiger partial charge on any atom is 0.407 e. The fourth-order valence-corrected chi connectivity index (χ4v) is 4.33. The highest BCUT2D eigenvalue weighted by atomic mass is 16.5. The zero-order valence-electron chi connectivity index (χ0n) is 18.3. The van der Waals surface area contributed by atoms with Crippen LogP contribution in [0.5, 0.6) is 0 Å². The van der Waals surface area contributed by atoms with Gasteiger partial charge in [0.05, 0.1) is 5.41 Å². The minimum Gasteiger partial charge on any atom is -0.480 e. The van der Waals surface area contributed by atoms with Gasteiger partial charge in [-0.25, -0.2) is 9.59 Å². The summed E-state index contributed by atoms with van der Waals surface area (Å²) in [5.41, 5.74) is 3.82. The summed E-state index contributed by atoms with van der Waals surface area (Å²) in [7, 11) is 0. The van der Waals surface area contributed by atoms with Crippen molar-refractivity contribution in [2.45, 2.75) is 38.6 Å². The molecule has 1 unspecified atom stereocenters. The lowest BCUT2D eigenvalue weighted by Crippen LogP contribution is -2.49. The maximum absolute atomic E-state index is 12.6. The van der Waals surface area contributed by atoms with Crippen molar-refractivity contribution in [1.82, 2.24) is 10.6 Å². The van der Waals surface area contributed by atoms with Crippen LogP contribution in [0.4, 0.5) is 4.79 Å². The Bertz CT molecular complexity index is 999. The molecule has 2 aromatic carbocycles. The molecule has 2 amide bonds. The van der Waals surface area contributed by atoms with Crippen LogP contribution in [-0.4, -0.2) is 42.3 Å². The van der Waals surface area contributed by atoms with Crippen molar-refractivity contribution >= 4 is 18.0 Å². The third-order valence-corrected chi connectivity index (χ3v) is 6.47. The topological polar surface area (TPSA) is 105 Å². The zero-order chi connectivity index (χ0) is 22.9. The van der Waals surface area contributed by atoms with Gasteiger partial charge < -0.3 is 20.5 Å². The van der Waals surface area contributed by atoms with Crippen LogP contribution >= 0.6 is 0 Å². The number of rotatable bonds is 8. The predicted octanol–water partition coefficient (Wildman–Crippen LogP) is 3.53. The van der Waals surface area contributed by atoms with E-state index in [1.54, 1.807) is 13.8 Å². The minimum absolute atomic E-state index is 0.0336. The number of carboxylic acids is 1. The van der Waals surface area contributed by atoms with Crippen LogP contribution in [0.3, 0.4) is 0 Å². The molecule has 0 aliphatic heterocycles. The smallest absolute Gasteiger partial charge is 0.407 e. The van der Waals surface area contributed by atoms with Gasteiger partial charge in [-0.1, -0.05) is 62.4 Å². The van der Waals surface area contributed by atoms with Crippen molar-refractivity contribution in [1.29, 1.82) is 0 Å². The highest BCUT2D eigenvalue weighted by molar-refractivity contribution is 5.90. The third-order valence-electron chi connectivity index (χ3n) is 6.47.